The highest BCUT2D eigenvalue weighted by molar-refractivity contribution is 5.85. The fourth-order valence-electron chi connectivity index (χ4n) is 6.32. The molecule has 1 aromatic rings. The Bertz CT molecular complexity index is 518. The molecular weight excluding hydrogens is 294 g/mol. The third-order valence-corrected chi connectivity index (χ3v) is 6.56. The van der Waals surface area contributed by atoms with Crippen molar-refractivity contribution in [1.82, 2.24) is 0 Å². The van der Waals surface area contributed by atoms with Gasteiger partial charge in [-0.1, -0.05) is 12.1 Å². The van der Waals surface area contributed by atoms with E-state index in [4.69, 9.17) is 10.5 Å². The highest BCUT2D eigenvalue weighted by Gasteiger charge is 2.56. The molecule has 0 saturated heterocycles. The average Bonchev–Trinajstić information content (AvgIpc) is 2.46. The van der Waals surface area contributed by atoms with E-state index in [9.17, 15) is 0 Å². The number of hydrogen-bond acceptors (Lipinski definition) is 2. The highest BCUT2D eigenvalue weighted by Crippen LogP contribution is 2.67. The number of rotatable bonds is 4. The Kier molecular flexibility index (Phi) is 4.44. The second kappa shape index (κ2) is 6.05. The van der Waals surface area contributed by atoms with E-state index in [1.54, 1.807) is 7.11 Å². The summed E-state index contributed by atoms with van der Waals surface area (Å²) < 4.78 is 5.47. The summed E-state index contributed by atoms with van der Waals surface area (Å²) >= 11 is 0. The van der Waals surface area contributed by atoms with Gasteiger partial charge in [-0.2, -0.15) is 0 Å². The summed E-state index contributed by atoms with van der Waals surface area (Å²) in [5.74, 6) is 4.56. The number of ether oxygens (including phenoxy) is 1. The lowest BCUT2D eigenvalue weighted by molar-refractivity contribution is -0.0787. The predicted molar refractivity (Wildman–Crippen MR) is 92.6 cm³/mol. The molecule has 3 heteroatoms. The molecular formula is C19H28ClNO. The van der Waals surface area contributed by atoms with E-state index in [-0.39, 0.29) is 12.4 Å². The van der Waals surface area contributed by atoms with Crippen LogP contribution in [0.3, 0.4) is 0 Å². The van der Waals surface area contributed by atoms with Crippen molar-refractivity contribution < 1.29 is 4.74 Å². The SMILES string of the molecule is COc1cccc(C2C3CC4CC(C3)CC2(CCN)C4)c1.Cl. The molecule has 1 aromatic carbocycles. The summed E-state index contributed by atoms with van der Waals surface area (Å²) in [6.45, 7) is 0.840. The van der Waals surface area contributed by atoms with Crippen LogP contribution in [0.2, 0.25) is 0 Å². The summed E-state index contributed by atoms with van der Waals surface area (Å²) in [6, 6.07) is 8.84. The predicted octanol–water partition coefficient (Wildman–Crippen LogP) is 4.38. The molecule has 4 aliphatic carbocycles. The molecule has 3 unspecified atom stereocenters. The van der Waals surface area contributed by atoms with Gasteiger partial charge in [0.15, 0.2) is 0 Å². The van der Waals surface area contributed by atoms with Crippen LogP contribution in [0.15, 0.2) is 24.3 Å². The zero-order valence-electron chi connectivity index (χ0n) is 13.5. The first-order chi connectivity index (χ1) is 10.2. The first-order valence-electron chi connectivity index (χ1n) is 8.58. The van der Waals surface area contributed by atoms with Gasteiger partial charge in [-0.05, 0) is 91.9 Å². The highest BCUT2D eigenvalue weighted by atomic mass is 35.5. The van der Waals surface area contributed by atoms with Crippen LogP contribution < -0.4 is 10.5 Å². The lowest BCUT2D eigenvalue weighted by atomic mass is 9.43. The first-order valence-corrected chi connectivity index (χ1v) is 8.58. The molecule has 0 amide bonds. The van der Waals surface area contributed by atoms with Gasteiger partial charge < -0.3 is 10.5 Å². The summed E-state index contributed by atoms with van der Waals surface area (Å²) in [4.78, 5) is 0. The standard InChI is InChI=1S/C19H27NO.ClH/c1-21-17-4-2-3-15(10-17)18-16-8-13-7-14(9-16)12-19(18,11-13)5-6-20;/h2-4,10,13-14,16,18H,5-9,11-12,20H2,1H3;1H. The average molecular weight is 322 g/mol. The van der Waals surface area contributed by atoms with E-state index in [2.05, 4.69) is 24.3 Å². The molecule has 5 rings (SSSR count). The van der Waals surface area contributed by atoms with Gasteiger partial charge in [0.2, 0.25) is 0 Å². The smallest absolute Gasteiger partial charge is 0.119 e. The van der Waals surface area contributed by atoms with Crippen LogP contribution >= 0.6 is 12.4 Å². The Balaban J connectivity index is 0.00000144. The minimum atomic E-state index is 0. The largest absolute Gasteiger partial charge is 0.497 e. The van der Waals surface area contributed by atoms with Crippen LogP contribution in [0, 0.1) is 23.2 Å². The zero-order valence-corrected chi connectivity index (χ0v) is 14.3. The molecule has 4 saturated carbocycles. The summed E-state index contributed by atoms with van der Waals surface area (Å²) in [5.41, 5.74) is 8.01. The van der Waals surface area contributed by atoms with Crippen molar-refractivity contribution >= 4 is 12.4 Å². The van der Waals surface area contributed by atoms with Crippen LogP contribution in [0.1, 0.15) is 50.0 Å². The Hall–Kier alpha value is -0.730. The summed E-state index contributed by atoms with van der Waals surface area (Å²) in [6.07, 6.45) is 8.43. The molecule has 2 nitrogen and oxygen atoms in total. The van der Waals surface area contributed by atoms with Crippen molar-refractivity contribution in [1.29, 1.82) is 0 Å². The minimum absolute atomic E-state index is 0. The number of benzene rings is 1. The second-order valence-corrected chi connectivity index (χ2v) is 7.76. The van der Waals surface area contributed by atoms with Crippen LogP contribution in [-0.4, -0.2) is 13.7 Å². The maximum atomic E-state index is 6.02. The van der Waals surface area contributed by atoms with Crippen molar-refractivity contribution in [3.63, 3.8) is 0 Å². The van der Waals surface area contributed by atoms with Crippen molar-refractivity contribution in [2.75, 3.05) is 13.7 Å². The molecule has 0 aromatic heterocycles. The third-order valence-electron chi connectivity index (χ3n) is 6.56. The number of halogens is 1. The van der Waals surface area contributed by atoms with E-state index >= 15 is 0 Å². The van der Waals surface area contributed by atoms with Crippen molar-refractivity contribution in [2.45, 2.75) is 44.4 Å². The van der Waals surface area contributed by atoms with Gasteiger partial charge >= 0.3 is 0 Å². The van der Waals surface area contributed by atoms with Crippen molar-refractivity contribution in [3.8, 4) is 5.75 Å². The maximum absolute atomic E-state index is 6.02. The molecule has 4 fully saturated rings. The maximum Gasteiger partial charge on any atom is 0.119 e. The van der Waals surface area contributed by atoms with Crippen molar-refractivity contribution in [2.24, 2.45) is 28.9 Å². The number of methoxy groups -OCH3 is 1. The van der Waals surface area contributed by atoms with Gasteiger partial charge in [-0.15, -0.1) is 12.4 Å². The monoisotopic (exact) mass is 321 g/mol. The normalized spacial score (nSPS) is 38.6. The molecule has 0 aliphatic heterocycles. The zero-order chi connectivity index (χ0) is 14.4. The third kappa shape index (κ3) is 2.45. The van der Waals surface area contributed by atoms with E-state index in [1.807, 2.05) is 0 Å². The number of nitrogens with two attached hydrogens (primary N) is 1. The first kappa shape index (κ1) is 16.1. The molecule has 3 atom stereocenters. The van der Waals surface area contributed by atoms with Crippen LogP contribution in [0.4, 0.5) is 0 Å². The lowest BCUT2D eigenvalue weighted by Crippen LogP contribution is -2.52. The molecule has 0 heterocycles. The van der Waals surface area contributed by atoms with Crippen LogP contribution in [0.5, 0.6) is 5.75 Å². The van der Waals surface area contributed by atoms with Crippen LogP contribution in [-0.2, 0) is 0 Å². The topological polar surface area (TPSA) is 35.2 Å². The molecule has 4 aliphatic rings. The molecule has 2 N–H and O–H groups in total. The summed E-state index contributed by atoms with van der Waals surface area (Å²) in [7, 11) is 1.77. The molecule has 4 bridgehead atoms. The van der Waals surface area contributed by atoms with E-state index < -0.39 is 0 Å². The van der Waals surface area contributed by atoms with Gasteiger partial charge in [0, 0.05) is 0 Å². The van der Waals surface area contributed by atoms with E-state index in [0.29, 0.717) is 11.3 Å². The fraction of sp³-hybridized carbons (Fsp3) is 0.684. The van der Waals surface area contributed by atoms with Gasteiger partial charge in [-0.3, -0.25) is 0 Å². The fourth-order valence-corrected chi connectivity index (χ4v) is 6.32. The van der Waals surface area contributed by atoms with Crippen LogP contribution in [0.25, 0.3) is 0 Å². The van der Waals surface area contributed by atoms with Gasteiger partial charge in [0.05, 0.1) is 7.11 Å². The van der Waals surface area contributed by atoms with Gasteiger partial charge in [0.25, 0.3) is 0 Å². The summed E-state index contributed by atoms with van der Waals surface area (Å²) in [5, 5.41) is 0. The lowest BCUT2D eigenvalue weighted by Gasteiger charge is -2.62. The van der Waals surface area contributed by atoms with E-state index in [1.165, 1.54) is 44.1 Å². The number of hydrogen-bond donors (Lipinski definition) is 1. The minimum Gasteiger partial charge on any atom is -0.497 e. The molecule has 22 heavy (non-hydrogen) atoms. The molecule has 0 radical (unpaired) electrons. The Morgan fingerprint density at radius 2 is 1.91 bits per heavy atom. The molecule has 0 spiro atoms. The Morgan fingerprint density at radius 3 is 2.55 bits per heavy atom. The van der Waals surface area contributed by atoms with Gasteiger partial charge in [0.1, 0.15) is 5.75 Å². The Morgan fingerprint density at radius 1 is 1.18 bits per heavy atom. The quantitative estimate of drug-likeness (QED) is 0.893. The van der Waals surface area contributed by atoms with Crippen molar-refractivity contribution in [3.05, 3.63) is 29.8 Å². The van der Waals surface area contributed by atoms with E-state index in [0.717, 1.165) is 30.0 Å². The van der Waals surface area contributed by atoms with Gasteiger partial charge in [-0.25, -0.2) is 0 Å². The molecule has 122 valence electrons. The second-order valence-electron chi connectivity index (χ2n) is 7.76. The Labute approximate surface area is 140 Å².